The van der Waals surface area contributed by atoms with Gasteiger partial charge in [0.2, 0.25) is 0 Å². The Morgan fingerprint density at radius 3 is 2.46 bits per heavy atom. The van der Waals surface area contributed by atoms with Crippen LogP contribution in [-0.2, 0) is 0 Å². The number of aliphatic hydroxyl groups excluding tert-OH is 1. The third-order valence-electron chi connectivity index (χ3n) is 3.01. The topological polar surface area (TPSA) is 32.3 Å². The molecule has 13 heavy (non-hydrogen) atoms. The molecule has 0 aromatic heterocycles. The Hall–Kier alpha value is -0.0800. The Balaban J connectivity index is 2.14. The van der Waals surface area contributed by atoms with Gasteiger partial charge in [-0.05, 0) is 38.0 Å². The van der Waals surface area contributed by atoms with Gasteiger partial charge in [0.25, 0.3) is 0 Å². The van der Waals surface area contributed by atoms with Crippen molar-refractivity contribution in [3.8, 4) is 0 Å². The third kappa shape index (κ3) is 4.10. The Morgan fingerprint density at radius 2 is 1.92 bits per heavy atom. The van der Waals surface area contributed by atoms with Gasteiger partial charge < -0.3 is 5.11 Å². The van der Waals surface area contributed by atoms with E-state index in [0.29, 0.717) is 6.04 Å². The highest BCUT2D eigenvalue weighted by Gasteiger charge is 2.19. The summed E-state index contributed by atoms with van der Waals surface area (Å²) in [6.45, 7) is 4.42. The highest BCUT2D eigenvalue weighted by Crippen LogP contribution is 2.23. The molecule has 1 aliphatic carbocycles. The molecular formula is C11H23NO. The number of nitrogens with one attached hydrogen (secondary N) is 1. The van der Waals surface area contributed by atoms with Crippen LogP contribution < -0.4 is 5.32 Å². The molecule has 1 atom stereocenters. The minimum Gasteiger partial charge on any atom is -0.379 e. The number of hydrogen-bond donors (Lipinski definition) is 2. The van der Waals surface area contributed by atoms with E-state index >= 15 is 0 Å². The Bertz CT molecular complexity index is 130. The first-order valence-corrected chi connectivity index (χ1v) is 5.66. The van der Waals surface area contributed by atoms with Gasteiger partial charge in [-0.2, -0.15) is 0 Å². The minimum atomic E-state index is -0.275. The molecule has 2 N–H and O–H groups in total. The Labute approximate surface area is 81.7 Å². The zero-order valence-electron chi connectivity index (χ0n) is 8.92. The number of rotatable bonds is 4. The van der Waals surface area contributed by atoms with Crippen molar-refractivity contribution in [1.82, 2.24) is 5.32 Å². The summed E-state index contributed by atoms with van der Waals surface area (Å²) in [7, 11) is 0. The molecule has 0 amide bonds. The van der Waals surface area contributed by atoms with Crippen LogP contribution in [0.25, 0.3) is 0 Å². The molecule has 2 nitrogen and oxygen atoms in total. The maximum absolute atomic E-state index is 9.56. The molecule has 0 heterocycles. The van der Waals surface area contributed by atoms with Crippen molar-refractivity contribution in [3.05, 3.63) is 0 Å². The number of aliphatic hydroxyl groups is 1. The van der Waals surface area contributed by atoms with E-state index in [2.05, 4.69) is 19.2 Å². The highest BCUT2D eigenvalue weighted by atomic mass is 16.3. The van der Waals surface area contributed by atoms with Crippen molar-refractivity contribution >= 4 is 0 Å². The average molecular weight is 185 g/mol. The average Bonchev–Trinajstić information content (AvgIpc) is 2.09. The first-order valence-electron chi connectivity index (χ1n) is 5.66. The van der Waals surface area contributed by atoms with Crippen LogP contribution in [0.2, 0.25) is 0 Å². The van der Waals surface area contributed by atoms with Crippen LogP contribution in [0, 0.1) is 5.92 Å². The molecule has 0 saturated heterocycles. The fourth-order valence-electron chi connectivity index (χ4n) is 2.06. The Kier molecular flexibility index (Phi) is 4.74. The molecule has 0 aliphatic heterocycles. The van der Waals surface area contributed by atoms with Crippen molar-refractivity contribution < 1.29 is 5.11 Å². The lowest BCUT2D eigenvalue weighted by Gasteiger charge is -2.29. The van der Waals surface area contributed by atoms with Crippen LogP contribution in [0.3, 0.4) is 0 Å². The van der Waals surface area contributed by atoms with Gasteiger partial charge >= 0.3 is 0 Å². The van der Waals surface area contributed by atoms with Gasteiger partial charge in [-0.15, -0.1) is 0 Å². The molecule has 0 aromatic carbocycles. The van der Waals surface area contributed by atoms with E-state index in [4.69, 9.17) is 0 Å². The van der Waals surface area contributed by atoms with Gasteiger partial charge in [0.15, 0.2) is 0 Å². The van der Waals surface area contributed by atoms with E-state index in [-0.39, 0.29) is 6.23 Å². The maximum atomic E-state index is 9.56. The monoisotopic (exact) mass is 185 g/mol. The zero-order chi connectivity index (χ0) is 9.68. The molecule has 2 heteroatoms. The van der Waals surface area contributed by atoms with E-state index in [1.54, 1.807) is 0 Å². The van der Waals surface area contributed by atoms with Crippen LogP contribution in [0.5, 0.6) is 0 Å². The second-order valence-corrected chi connectivity index (χ2v) is 4.43. The van der Waals surface area contributed by atoms with Crippen molar-refractivity contribution in [2.45, 2.75) is 64.6 Å². The van der Waals surface area contributed by atoms with Gasteiger partial charge in [0, 0.05) is 6.04 Å². The third-order valence-corrected chi connectivity index (χ3v) is 3.01. The Morgan fingerprint density at radius 1 is 1.31 bits per heavy atom. The van der Waals surface area contributed by atoms with E-state index in [1.807, 2.05) is 0 Å². The van der Waals surface area contributed by atoms with E-state index in [9.17, 15) is 5.11 Å². The predicted octanol–water partition coefficient (Wildman–Crippen LogP) is 2.27. The largest absolute Gasteiger partial charge is 0.379 e. The first kappa shape index (κ1) is 11.0. The van der Waals surface area contributed by atoms with Crippen LogP contribution in [0.1, 0.15) is 52.4 Å². The zero-order valence-corrected chi connectivity index (χ0v) is 8.92. The predicted molar refractivity (Wildman–Crippen MR) is 55.5 cm³/mol. The van der Waals surface area contributed by atoms with Crippen molar-refractivity contribution in [3.63, 3.8) is 0 Å². The normalized spacial score (nSPS) is 31.6. The van der Waals surface area contributed by atoms with Crippen LogP contribution >= 0.6 is 0 Å². The summed E-state index contributed by atoms with van der Waals surface area (Å²) in [5.74, 6) is 0.890. The molecule has 0 bridgehead atoms. The molecule has 1 saturated carbocycles. The molecule has 1 unspecified atom stereocenters. The van der Waals surface area contributed by atoms with Crippen LogP contribution in [0.4, 0.5) is 0 Å². The van der Waals surface area contributed by atoms with Gasteiger partial charge in [-0.25, -0.2) is 0 Å². The minimum absolute atomic E-state index is 0.275. The van der Waals surface area contributed by atoms with E-state index in [0.717, 1.165) is 18.8 Å². The molecule has 0 radical (unpaired) electrons. The second kappa shape index (κ2) is 5.61. The highest BCUT2D eigenvalue weighted by molar-refractivity contribution is 4.75. The molecule has 78 valence electrons. The lowest BCUT2D eigenvalue weighted by molar-refractivity contribution is 0.100. The van der Waals surface area contributed by atoms with Crippen LogP contribution in [-0.4, -0.2) is 17.4 Å². The standard InChI is InChI=1S/C11H23NO/c1-3-4-11(13)12-10-7-5-9(2)6-8-10/h9-13H,3-8H2,1-2H3. The summed E-state index contributed by atoms with van der Waals surface area (Å²) >= 11 is 0. The van der Waals surface area contributed by atoms with Crippen molar-refractivity contribution in [1.29, 1.82) is 0 Å². The van der Waals surface area contributed by atoms with Crippen molar-refractivity contribution in [2.24, 2.45) is 5.92 Å². The summed E-state index contributed by atoms with van der Waals surface area (Å²) in [5.41, 5.74) is 0. The second-order valence-electron chi connectivity index (χ2n) is 4.43. The first-order chi connectivity index (χ1) is 6.22. The summed E-state index contributed by atoms with van der Waals surface area (Å²) in [6.07, 6.45) is 6.77. The van der Waals surface area contributed by atoms with Crippen LogP contribution in [0.15, 0.2) is 0 Å². The molecule has 0 aromatic rings. The summed E-state index contributed by atoms with van der Waals surface area (Å²) in [4.78, 5) is 0. The number of hydrogen-bond acceptors (Lipinski definition) is 2. The maximum Gasteiger partial charge on any atom is 0.105 e. The van der Waals surface area contributed by atoms with Gasteiger partial charge in [-0.1, -0.05) is 20.3 Å². The van der Waals surface area contributed by atoms with Gasteiger partial charge in [0.1, 0.15) is 6.23 Å². The quantitative estimate of drug-likeness (QED) is 0.659. The fraction of sp³-hybridized carbons (Fsp3) is 1.00. The molecule has 1 fully saturated rings. The smallest absolute Gasteiger partial charge is 0.105 e. The lowest BCUT2D eigenvalue weighted by atomic mass is 9.87. The molecule has 0 spiro atoms. The summed E-state index contributed by atoms with van der Waals surface area (Å²) in [6, 6.07) is 0.567. The summed E-state index contributed by atoms with van der Waals surface area (Å²) in [5, 5.41) is 12.9. The molecular weight excluding hydrogens is 162 g/mol. The van der Waals surface area contributed by atoms with Gasteiger partial charge in [-0.3, -0.25) is 5.32 Å². The van der Waals surface area contributed by atoms with E-state index < -0.39 is 0 Å². The SMILES string of the molecule is CCCC(O)NC1CCC(C)CC1. The molecule has 1 aliphatic rings. The fourth-order valence-corrected chi connectivity index (χ4v) is 2.06. The summed E-state index contributed by atoms with van der Waals surface area (Å²) < 4.78 is 0. The molecule has 1 rings (SSSR count). The van der Waals surface area contributed by atoms with Crippen molar-refractivity contribution in [2.75, 3.05) is 0 Å². The van der Waals surface area contributed by atoms with Gasteiger partial charge in [0.05, 0.1) is 0 Å². The lowest BCUT2D eigenvalue weighted by Crippen LogP contribution is -2.40. The van der Waals surface area contributed by atoms with E-state index in [1.165, 1.54) is 25.7 Å².